The van der Waals surface area contributed by atoms with Crippen molar-refractivity contribution in [1.82, 2.24) is 20.4 Å². The number of rotatable bonds is 7. The monoisotopic (exact) mass is 511 g/mol. The van der Waals surface area contributed by atoms with Gasteiger partial charge in [-0.1, -0.05) is 20.8 Å². The number of benzene rings is 1. The Morgan fingerprint density at radius 1 is 1.08 bits per heavy atom. The van der Waals surface area contributed by atoms with E-state index < -0.39 is 12.1 Å². The first-order valence-electron chi connectivity index (χ1n) is 13.7. The first-order chi connectivity index (χ1) is 17.6. The Balaban J connectivity index is 1.26. The minimum atomic E-state index is -0.729. The van der Waals surface area contributed by atoms with Crippen molar-refractivity contribution in [2.45, 2.75) is 70.3 Å². The number of fused-ring (bicyclic) bond motifs is 1. The van der Waals surface area contributed by atoms with Gasteiger partial charge in [0.05, 0.1) is 6.04 Å². The maximum atomic E-state index is 13.7. The van der Waals surface area contributed by atoms with Crippen molar-refractivity contribution < 1.29 is 19.1 Å². The van der Waals surface area contributed by atoms with Crippen molar-refractivity contribution in [2.75, 3.05) is 51.3 Å². The van der Waals surface area contributed by atoms with Gasteiger partial charge in [-0.2, -0.15) is 0 Å². The Bertz CT molecular complexity index is 1010. The SMILES string of the molecule is CN[C@H]1CN(C(=O)[C@H](CC(C)(C)C)NC(=O)c2ccc(N3CCN(C4CC4)CC3)cc2)[C@@H]2C(=O)CO[C@H]12. The summed E-state index contributed by atoms with van der Waals surface area (Å²) in [6.07, 6.45) is 2.79. The van der Waals surface area contributed by atoms with Crippen LogP contribution in [0, 0.1) is 5.41 Å². The second kappa shape index (κ2) is 10.3. The van der Waals surface area contributed by atoms with Gasteiger partial charge in [0.1, 0.15) is 24.8 Å². The molecular weight excluding hydrogens is 470 g/mol. The number of likely N-dealkylation sites (N-methyl/N-ethyl adjacent to an activating group) is 1. The van der Waals surface area contributed by atoms with Gasteiger partial charge >= 0.3 is 0 Å². The van der Waals surface area contributed by atoms with Gasteiger partial charge in [-0.05, 0) is 56.0 Å². The third-order valence-electron chi connectivity index (χ3n) is 8.13. The molecule has 0 unspecified atom stereocenters. The molecule has 5 rings (SSSR count). The minimum Gasteiger partial charge on any atom is -0.369 e. The molecule has 0 bridgehead atoms. The lowest BCUT2D eigenvalue weighted by molar-refractivity contribution is -0.138. The standard InChI is InChI=1S/C28H41N5O4/c1-28(2,3)15-21(27(36)33-16-22(29-4)25-24(33)23(34)17-37-25)30-26(35)18-5-7-19(8-6-18)31-11-13-32(14-12-31)20-9-10-20/h5-8,20-22,24-25,29H,9-17H2,1-4H3,(H,30,35)/t21-,22-,24+,25+/m0/s1. The number of nitrogens with one attached hydrogen (secondary N) is 2. The predicted octanol–water partition coefficient (Wildman–Crippen LogP) is 1.27. The molecule has 9 heteroatoms. The normalized spacial score (nSPS) is 27.4. The van der Waals surface area contributed by atoms with Gasteiger partial charge in [0.25, 0.3) is 5.91 Å². The average Bonchev–Trinajstić information content (AvgIpc) is 3.56. The fourth-order valence-electron chi connectivity index (χ4n) is 6.00. The molecule has 4 fully saturated rings. The zero-order chi connectivity index (χ0) is 26.3. The number of Topliss-reactive ketones (excluding diaryl/α,β-unsaturated/α-hetero) is 1. The highest BCUT2D eigenvalue weighted by molar-refractivity contribution is 5.99. The second-order valence-corrected chi connectivity index (χ2v) is 12.2. The number of nitrogens with zero attached hydrogens (tertiary/aromatic N) is 3. The Morgan fingerprint density at radius 3 is 2.35 bits per heavy atom. The molecule has 202 valence electrons. The third kappa shape index (κ3) is 5.68. The molecular formula is C28H41N5O4. The van der Waals surface area contributed by atoms with E-state index in [0.717, 1.165) is 37.9 Å². The molecule has 1 saturated carbocycles. The lowest BCUT2D eigenvalue weighted by Crippen LogP contribution is -2.53. The van der Waals surface area contributed by atoms with Crippen LogP contribution in [0.15, 0.2) is 24.3 Å². The molecule has 3 saturated heterocycles. The number of carbonyl (C=O) groups is 3. The summed E-state index contributed by atoms with van der Waals surface area (Å²) < 4.78 is 5.69. The molecule has 0 aromatic heterocycles. The maximum Gasteiger partial charge on any atom is 0.251 e. The lowest BCUT2D eigenvalue weighted by Gasteiger charge is -2.36. The zero-order valence-electron chi connectivity index (χ0n) is 22.5. The molecule has 1 aromatic carbocycles. The largest absolute Gasteiger partial charge is 0.369 e. The maximum absolute atomic E-state index is 13.7. The Hall–Kier alpha value is -2.49. The van der Waals surface area contributed by atoms with Crippen molar-refractivity contribution in [3.05, 3.63) is 29.8 Å². The first-order valence-corrected chi connectivity index (χ1v) is 13.7. The summed E-state index contributed by atoms with van der Waals surface area (Å²) in [5.41, 5.74) is 1.45. The number of piperazine rings is 1. The summed E-state index contributed by atoms with van der Waals surface area (Å²) in [6, 6.07) is 7.05. The van der Waals surface area contributed by atoms with Gasteiger partial charge in [-0.15, -0.1) is 0 Å². The van der Waals surface area contributed by atoms with Crippen molar-refractivity contribution in [3.8, 4) is 0 Å². The molecule has 9 nitrogen and oxygen atoms in total. The number of carbonyl (C=O) groups excluding carboxylic acids is 3. The molecule has 3 aliphatic heterocycles. The van der Waals surface area contributed by atoms with E-state index in [1.165, 1.54) is 12.8 Å². The minimum absolute atomic E-state index is 0.0234. The molecule has 1 aliphatic carbocycles. The van der Waals surface area contributed by atoms with E-state index in [9.17, 15) is 14.4 Å². The van der Waals surface area contributed by atoms with Crippen LogP contribution in [-0.4, -0.2) is 104 Å². The molecule has 0 spiro atoms. The molecule has 37 heavy (non-hydrogen) atoms. The van der Waals surface area contributed by atoms with Crippen LogP contribution in [0.1, 0.15) is 50.4 Å². The summed E-state index contributed by atoms with van der Waals surface area (Å²) in [4.78, 5) is 46.1. The van der Waals surface area contributed by atoms with E-state index in [0.29, 0.717) is 18.5 Å². The molecule has 3 heterocycles. The second-order valence-electron chi connectivity index (χ2n) is 12.2. The highest BCUT2D eigenvalue weighted by Crippen LogP contribution is 2.31. The molecule has 1 aromatic rings. The fourth-order valence-corrected chi connectivity index (χ4v) is 6.00. The van der Waals surface area contributed by atoms with Gasteiger partial charge < -0.3 is 25.2 Å². The molecule has 2 N–H and O–H groups in total. The molecule has 4 atom stereocenters. The average molecular weight is 512 g/mol. The summed E-state index contributed by atoms with van der Waals surface area (Å²) in [7, 11) is 1.81. The van der Waals surface area contributed by atoms with Crippen molar-refractivity contribution in [3.63, 3.8) is 0 Å². The highest BCUT2D eigenvalue weighted by atomic mass is 16.5. The Morgan fingerprint density at radius 2 is 1.76 bits per heavy atom. The van der Waals surface area contributed by atoms with Crippen LogP contribution in [0.5, 0.6) is 0 Å². The molecule has 4 aliphatic rings. The van der Waals surface area contributed by atoms with Gasteiger partial charge in [-0.25, -0.2) is 0 Å². The number of likely N-dealkylation sites (tertiary alicyclic amines) is 1. The lowest BCUT2D eigenvalue weighted by atomic mass is 9.87. The number of hydrogen-bond acceptors (Lipinski definition) is 7. The van der Waals surface area contributed by atoms with E-state index in [4.69, 9.17) is 4.74 Å². The van der Waals surface area contributed by atoms with E-state index in [-0.39, 0.29) is 41.8 Å². The zero-order valence-corrected chi connectivity index (χ0v) is 22.5. The van der Waals surface area contributed by atoms with Crippen molar-refractivity contribution in [1.29, 1.82) is 0 Å². The number of ketones is 1. The van der Waals surface area contributed by atoms with Crippen LogP contribution in [-0.2, 0) is 14.3 Å². The highest BCUT2D eigenvalue weighted by Gasteiger charge is 2.53. The van der Waals surface area contributed by atoms with Crippen molar-refractivity contribution in [2.24, 2.45) is 5.41 Å². The van der Waals surface area contributed by atoms with Crippen molar-refractivity contribution >= 4 is 23.3 Å². The smallest absolute Gasteiger partial charge is 0.251 e. The number of anilines is 1. The summed E-state index contributed by atoms with van der Waals surface area (Å²) in [6.45, 7) is 10.7. The van der Waals surface area contributed by atoms with Crippen LogP contribution in [0.4, 0.5) is 5.69 Å². The van der Waals surface area contributed by atoms with Crippen LogP contribution < -0.4 is 15.5 Å². The van der Waals surface area contributed by atoms with E-state index >= 15 is 0 Å². The van der Waals surface area contributed by atoms with Crippen LogP contribution in [0.25, 0.3) is 0 Å². The fraction of sp³-hybridized carbons (Fsp3) is 0.679. The summed E-state index contributed by atoms with van der Waals surface area (Å²) in [5, 5.41) is 6.17. The number of amides is 2. The summed E-state index contributed by atoms with van der Waals surface area (Å²) in [5.74, 6) is -0.576. The Kier molecular flexibility index (Phi) is 7.31. The third-order valence-corrected chi connectivity index (χ3v) is 8.13. The van der Waals surface area contributed by atoms with Gasteiger partial charge in [0, 0.05) is 50.0 Å². The summed E-state index contributed by atoms with van der Waals surface area (Å²) >= 11 is 0. The Labute approximate surface area is 219 Å². The van der Waals surface area contributed by atoms with Gasteiger partial charge in [-0.3, -0.25) is 19.3 Å². The number of hydrogen-bond donors (Lipinski definition) is 2. The van der Waals surface area contributed by atoms with Crippen LogP contribution in [0.2, 0.25) is 0 Å². The van der Waals surface area contributed by atoms with Crippen LogP contribution in [0.3, 0.4) is 0 Å². The van der Waals surface area contributed by atoms with E-state index in [2.05, 4.69) is 20.4 Å². The van der Waals surface area contributed by atoms with E-state index in [1.807, 2.05) is 52.1 Å². The van der Waals surface area contributed by atoms with Crippen LogP contribution >= 0.6 is 0 Å². The topological polar surface area (TPSA) is 94.2 Å². The molecule has 2 amide bonds. The predicted molar refractivity (Wildman–Crippen MR) is 142 cm³/mol. The first kappa shape index (κ1) is 26.1. The quantitative estimate of drug-likeness (QED) is 0.570. The van der Waals surface area contributed by atoms with Gasteiger partial charge in [0.2, 0.25) is 5.91 Å². The van der Waals surface area contributed by atoms with Gasteiger partial charge in [0.15, 0.2) is 5.78 Å². The van der Waals surface area contributed by atoms with E-state index in [1.54, 1.807) is 4.90 Å². The molecule has 0 radical (unpaired) electrons. The number of ether oxygens (including phenoxy) is 1.